The zero-order chi connectivity index (χ0) is 5.28. The molecule has 0 aromatic heterocycles. The summed E-state index contributed by atoms with van der Waals surface area (Å²) in [4.78, 5) is 0. The Morgan fingerprint density at radius 2 is 2.43 bits per heavy atom. The maximum absolute atomic E-state index is 5.59. The SMILES string of the molecule is CC1CSC(N)C1. The first-order chi connectivity index (χ1) is 3.29. The van der Waals surface area contributed by atoms with Crippen LogP contribution in [0, 0.1) is 5.92 Å². The van der Waals surface area contributed by atoms with Crippen LogP contribution in [0.5, 0.6) is 0 Å². The molecule has 0 aromatic rings. The lowest BCUT2D eigenvalue weighted by Gasteiger charge is -1.95. The maximum Gasteiger partial charge on any atom is 0.0510 e. The van der Waals surface area contributed by atoms with E-state index in [0.29, 0.717) is 5.37 Å². The van der Waals surface area contributed by atoms with Gasteiger partial charge < -0.3 is 5.73 Å². The van der Waals surface area contributed by atoms with Crippen LogP contribution in [0.15, 0.2) is 0 Å². The van der Waals surface area contributed by atoms with Gasteiger partial charge in [-0.2, -0.15) is 0 Å². The quantitative estimate of drug-likeness (QED) is 0.513. The van der Waals surface area contributed by atoms with E-state index in [-0.39, 0.29) is 0 Å². The molecule has 1 fully saturated rings. The lowest BCUT2D eigenvalue weighted by atomic mass is 10.1. The van der Waals surface area contributed by atoms with Gasteiger partial charge in [-0.05, 0) is 18.1 Å². The molecule has 2 atom stereocenters. The van der Waals surface area contributed by atoms with E-state index in [2.05, 4.69) is 6.92 Å². The van der Waals surface area contributed by atoms with Crippen molar-refractivity contribution in [3.8, 4) is 0 Å². The number of thioether (sulfide) groups is 1. The van der Waals surface area contributed by atoms with Gasteiger partial charge in [0.05, 0.1) is 5.37 Å². The highest BCUT2D eigenvalue weighted by molar-refractivity contribution is 8.00. The molecule has 0 saturated carbocycles. The standard InChI is InChI=1S/C5H11NS/c1-4-2-5(6)7-3-4/h4-5H,2-3,6H2,1H3. The summed E-state index contributed by atoms with van der Waals surface area (Å²) in [6, 6.07) is 0. The average molecular weight is 117 g/mol. The van der Waals surface area contributed by atoms with Gasteiger partial charge in [0.1, 0.15) is 0 Å². The third-order valence-electron chi connectivity index (χ3n) is 1.23. The van der Waals surface area contributed by atoms with Gasteiger partial charge in [0, 0.05) is 0 Å². The third-order valence-corrected chi connectivity index (χ3v) is 2.61. The molecule has 0 aliphatic carbocycles. The van der Waals surface area contributed by atoms with Crippen LogP contribution in [0.1, 0.15) is 13.3 Å². The van der Waals surface area contributed by atoms with Crippen molar-refractivity contribution in [2.45, 2.75) is 18.7 Å². The minimum absolute atomic E-state index is 0.440. The molecule has 1 heterocycles. The zero-order valence-corrected chi connectivity index (χ0v) is 5.37. The molecule has 0 radical (unpaired) electrons. The Kier molecular flexibility index (Phi) is 1.60. The Morgan fingerprint density at radius 3 is 2.57 bits per heavy atom. The van der Waals surface area contributed by atoms with E-state index in [9.17, 15) is 0 Å². The monoisotopic (exact) mass is 117 g/mol. The van der Waals surface area contributed by atoms with Crippen molar-refractivity contribution in [3.63, 3.8) is 0 Å². The first kappa shape index (κ1) is 5.45. The molecule has 42 valence electrons. The molecule has 1 aliphatic heterocycles. The predicted molar refractivity (Wildman–Crippen MR) is 34.2 cm³/mol. The van der Waals surface area contributed by atoms with Crippen LogP contribution in [-0.2, 0) is 0 Å². The van der Waals surface area contributed by atoms with Crippen LogP contribution in [0.4, 0.5) is 0 Å². The van der Waals surface area contributed by atoms with Crippen LogP contribution < -0.4 is 5.73 Å². The van der Waals surface area contributed by atoms with Gasteiger partial charge >= 0.3 is 0 Å². The van der Waals surface area contributed by atoms with Gasteiger partial charge in [0.15, 0.2) is 0 Å². The van der Waals surface area contributed by atoms with Crippen molar-refractivity contribution >= 4 is 11.8 Å². The summed E-state index contributed by atoms with van der Waals surface area (Å²) in [5.41, 5.74) is 5.59. The molecule has 0 bridgehead atoms. The van der Waals surface area contributed by atoms with Crippen LogP contribution >= 0.6 is 11.8 Å². The maximum atomic E-state index is 5.59. The fourth-order valence-corrected chi connectivity index (χ4v) is 2.00. The van der Waals surface area contributed by atoms with Crippen molar-refractivity contribution in [1.82, 2.24) is 0 Å². The van der Waals surface area contributed by atoms with Crippen LogP contribution in [0.25, 0.3) is 0 Å². The normalized spacial score (nSPS) is 42.0. The summed E-state index contributed by atoms with van der Waals surface area (Å²) in [6.07, 6.45) is 1.21. The molecule has 0 spiro atoms. The Balaban J connectivity index is 2.26. The second kappa shape index (κ2) is 2.05. The van der Waals surface area contributed by atoms with Gasteiger partial charge in [-0.1, -0.05) is 6.92 Å². The lowest BCUT2D eigenvalue weighted by molar-refractivity contribution is 0.617. The molecule has 1 saturated heterocycles. The highest BCUT2D eigenvalue weighted by Crippen LogP contribution is 2.26. The van der Waals surface area contributed by atoms with Gasteiger partial charge in [-0.15, -0.1) is 11.8 Å². The topological polar surface area (TPSA) is 26.0 Å². The van der Waals surface area contributed by atoms with Crippen LogP contribution in [0.3, 0.4) is 0 Å². The molecule has 2 unspecified atom stereocenters. The fourth-order valence-electron chi connectivity index (χ4n) is 0.821. The van der Waals surface area contributed by atoms with E-state index < -0.39 is 0 Å². The first-order valence-corrected chi connectivity index (χ1v) is 3.71. The van der Waals surface area contributed by atoms with E-state index in [1.807, 2.05) is 11.8 Å². The second-order valence-electron chi connectivity index (χ2n) is 2.21. The van der Waals surface area contributed by atoms with E-state index in [1.54, 1.807) is 0 Å². The lowest BCUT2D eigenvalue weighted by Crippen LogP contribution is -2.10. The van der Waals surface area contributed by atoms with Crippen molar-refractivity contribution in [1.29, 1.82) is 0 Å². The fraction of sp³-hybridized carbons (Fsp3) is 1.00. The molecular weight excluding hydrogens is 106 g/mol. The molecule has 2 heteroatoms. The minimum atomic E-state index is 0.440. The highest BCUT2D eigenvalue weighted by Gasteiger charge is 2.16. The predicted octanol–water partition coefficient (Wildman–Crippen LogP) is 1.04. The summed E-state index contributed by atoms with van der Waals surface area (Å²) in [6.45, 7) is 2.25. The van der Waals surface area contributed by atoms with Crippen molar-refractivity contribution in [3.05, 3.63) is 0 Å². The van der Waals surface area contributed by atoms with Crippen molar-refractivity contribution in [2.75, 3.05) is 5.75 Å². The van der Waals surface area contributed by atoms with E-state index in [0.717, 1.165) is 5.92 Å². The molecule has 0 amide bonds. The van der Waals surface area contributed by atoms with E-state index in [1.165, 1.54) is 12.2 Å². The van der Waals surface area contributed by atoms with Crippen molar-refractivity contribution < 1.29 is 0 Å². The number of hydrogen-bond acceptors (Lipinski definition) is 2. The molecule has 1 nitrogen and oxygen atoms in total. The Labute approximate surface area is 48.7 Å². The van der Waals surface area contributed by atoms with Crippen LogP contribution in [0.2, 0.25) is 0 Å². The molecule has 1 rings (SSSR count). The highest BCUT2D eigenvalue weighted by atomic mass is 32.2. The first-order valence-electron chi connectivity index (χ1n) is 2.66. The summed E-state index contributed by atoms with van der Waals surface area (Å²) < 4.78 is 0. The van der Waals surface area contributed by atoms with Gasteiger partial charge in [0.25, 0.3) is 0 Å². The zero-order valence-electron chi connectivity index (χ0n) is 4.55. The summed E-state index contributed by atoms with van der Waals surface area (Å²) in [5.74, 6) is 2.13. The molecule has 2 N–H and O–H groups in total. The van der Waals surface area contributed by atoms with Crippen LogP contribution in [-0.4, -0.2) is 11.1 Å². The van der Waals surface area contributed by atoms with Gasteiger partial charge in [-0.3, -0.25) is 0 Å². The average Bonchev–Trinajstić information content (AvgIpc) is 1.87. The summed E-state index contributed by atoms with van der Waals surface area (Å²) in [5, 5.41) is 0.440. The van der Waals surface area contributed by atoms with Crippen molar-refractivity contribution in [2.24, 2.45) is 11.7 Å². The molecular formula is C5H11NS. The van der Waals surface area contributed by atoms with Gasteiger partial charge in [-0.25, -0.2) is 0 Å². The Bertz CT molecular complexity index is 57.1. The van der Waals surface area contributed by atoms with E-state index >= 15 is 0 Å². The minimum Gasteiger partial charge on any atom is -0.319 e. The smallest absolute Gasteiger partial charge is 0.0510 e. The van der Waals surface area contributed by atoms with Gasteiger partial charge in [0.2, 0.25) is 0 Å². The van der Waals surface area contributed by atoms with E-state index in [4.69, 9.17) is 5.73 Å². The number of nitrogens with two attached hydrogens (primary N) is 1. The molecule has 0 aromatic carbocycles. The Morgan fingerprint density at radius 1 is 1.71 bits per heavy atom. The summed E-state index contributed by atoms with van der Waals surface area (Å²) in [7, 11) is 0. The molecule has 1 aliphatic rings. The summed E-state index contributed by atoms with van der Waals surface area (Å²) >= 11 is 1.88. The largest absolute Gasteiger partial charge is 0.319 e. The second-order valence-corrected chi connectivity index (χ2v) is 3.48. The third kappa shape index (κ3) is 1.35. The number of hydrogen-bond donors (Lipinski definition) is 1. The Hall–Kier alpha value is 0.310. The number of rotatable bonds is 0. The molecule has 7 heavy (non-hydrogen) atoms.